The summed E-state index contributed by atoms with van der Waals surface area (Å²) in [5.41, 5.74) is 0.228. The van der Waals surface area contributed by atoms with Crippen LogP contribution < -0.4 is 0 Å². The van der Waals surface area contributed by atoms with Gasteiger partial charge >= 0.3 is 6.09 Å². The highest BCUT2D eigenvalue weighted by Crippen LogP contribution is 2.46. The van der Waals surface area contributed by atoms with Gasteiger partial charge in [0.1, 0.15) is 5.60 Å². The Hall–Kier alpha value is -1.89. The minimum Gasteiger partial charge on any atom is -0.444 e. The molecule has 0 aromatic carbocycles. The van der Waals surface area contributed by atoms with Crippen LogP contribution in [0.5, 0.6) is 0 Å². The Morgan fingerprint density at radius 1 is 1.33 bits per heavy atom. The third-order valence-electron chi connectivity index (χ3n) is 4.75. The first-order valence-electron chi connectivity index (χ1n) is 8.19. The molecule has 4 rings (SSSR count). The predicted octanol–water partition coefficient (Wildman–Crippen LogP) is 3.05. The number of carbonyl (C=O) groups is 1. The Balaban J connectivity index is 1.62. The van der Waals surface area contributed by atoms with Crippen molar-refractivity contribution in [3.63, 3.8) is 0 Å². The van der Waals surface area contributed by atoms with Gasteiger partial charge in [-0.3, -0.25) is 0 Å². The molecule has 2 aliphatic rings. The van der Waals surface area contributed by atoms with Crippen LogP contribution in [0.1, 0.15) is 39.7 Å². The molecule has 1 saturated heterocycles. The summed E-state index contributed by atoms with van der Waals surface area (Å²) in [6, 6.07) is 0.205. The molecular formula is C16H20ClN5O2. The summed E-state index contributed by atoms with van der Waals surface area (Å²) >= 11 is 5.94. The highest BCUT2D eigenvalue weighted by atomic mass is 35.5. The van der Waals surface area contributed by atoms with Crippen molar-refractivity contribution < 1.29 is 9.53 Å². The fraction of sp³-hybridized carbons (Fsp3) is 0.625. The van der Waals surface area contributed by atoms with Crippen LogP contribution in [0.2, 0.25) is 5.28 Å². The molecule has 7 nitrogen and oxygen atoms in total. The zero-order valence-electron chi connectivity index (χ0n) is 13.9. The van der Waals surface area contributed by atoms with E-state index in [1.165, 1.54) is 0 Å². The molecular weight excluding hydrogens is 330 g/mol. The lowest BCUT2D eigenvalue weighted by molar-refractivity contribution is -0.0299. The summed E-state index contributed by atoms with van der Waals surface area (Å²) in [6.45, 7) is 6.40. The third-order valence-corrected chi connectivity index (χ3v) is 4.93. The van der Waals surface area contributed by atoms with Crippen LogP contribution in [0.4, 0.5) is 4.79 Å². The van der Waals surface area contributed by atoms with Gasteiger partial charge in [-0.1, -0.05) is 0 Å². The van der Waals surface area contributed by atoms with Gasteiger partial charge in [0.25, 0.3) is 0 Å². The van der Waals surface area contributed by atoms with Gasteiger partial charge in [-0.15, -0.1) is 0 Å². The Morgan fingerprint density at radius 2 is 2.12 bits per heavy atom. The van der Waals surface area contributed by atoms with E-state index in [2.05, 4.69) is 15.1 Å². The van der Waals surface area contributed by atoms with Crippen molar-refractivity contribution in [1.29, 1.82) is 0 Å². The first kappa shape index (κ1) is 15.6. The molecule has 128 valence electrons. The van der Waals surface area contributed by atoms with E-state index in [-0.39, 0.29) is 23.5 Å². The highest BCUT2D eigenvalue weighted by Gasteiger charge is 2.52. The fourth-order valence-corrected chi connectivity index (χ4v) is 3.91. The topological polar surface area (TPSA) is 73.1 Å². The Bertz CT molecular complexity index is 799. The number of aromatic nitrogens is 4. The lowest BCUT2D eigenvalue weighted by Crippen LogP contribution is -2.59. The largest absolute Gasteiger partial charge is 0.444 e. The number of likely N-dealkylation sites (tertiary alicyclic amines) is 1. The molecule has 0 radical (unpaired) electrons. The molecule has 0 bridgehead atoms. The molecule has 1 saturated carbocycles. The number of nitrogens with zero attached hydrogens (tertiary/aromatic N) is 5. The summed E-state index contributed by atoms with van der Waals surface area (Å²) in [5.74, 6) is 0.499. The second-order valence-corrected chi connectivity index (χ2v) is 7.87. The molecule has 1 aliphatic carbocycles. The van der Waals surface area contributed by atoms with E-state index in [4.69, 9.17) is 16.3 Å². The molecule has 3 heterocycles. The van der Waals surface area contributed by atoms with Gasteiger partial charge < -0.3 is 9.64 Å². The molecule has 3 atom stereocenters. The molecule has 0 unspecified atom stereocenters. The van der Waals surface area contributed by atoms with Crippen molar-refractivity contribution in [3.8, 4) is 0 Å². The van der Waals surface area contributed by atoms with Gasteiger partial charge in [0.2, 0.25) is 5.28 Å². The lowest BCUT2D eigenvalue weighted by Gasteiger charge is -2.46. The Kier molecular flexibility index (Phi) is 3.46. The second-order valence-electron chi connectivity index (χ2n) is 7.54. The van der Waals surface area contributed by atoms with E-state index < -0.39 is 5.60 Å². The number of halogens is 1. The smallest absolute Gasteiger partial charge is 0.410 e. The summed E-state index contributed by atoms with van der Waals surface area (Å²) < 4.78 is 7.43. The SMILES string of the molecule is CC(C)(C)OC(=O)N1C[C@@H]2CC[C@@H](n3ncc4cnc(Cl)nc43)[C@@H]21. The summed E-state index contributed by atoms with van der Waals surface area (Å²) in [6.07, 6.45) is 5.21. The monoisotopic (exact) mass is 349 g/mol. The van der Waals surface area contributed by atoms with E-state index in [0.717, 1.165) is 30.4 Å². The average Bonchev–Trinajstić information content (AvgIpc) is 2.98. The van der Waals surface area contributed by atoms with Gasteiger partial charge in [0, 0.05) is 12.7 Å². The molecule has 2 fully saturated rings. The van der Waals surface area contributed by atoms with Crippen molar-refractivity contribution in [1.82, 2.24) is 24.6 Å². The second kappa shape index (κ2) is 5.31. The van der Waals surface area contributed by atoms with Gasteiger partial charge in [-0.25, -0.2) is 14.5 Å². The van der Waals surface area contributed by atoms with E-state index >= 15 is 0 Å². The summed E-state index contributed by atoms with van der Waals surface area (Å²) in [5, 5.41) is 5.54. The maximum atomic E-state index is 12.4. The van der Waals surface area contributed by atoms with E-state index in [1.807, 2.05) is 30.4 Å². The van der Waals surface area contributed by atoms with E-state index in [0.29, 0.717) is 5.92 Å². The minimum absolute atomic E-state index is 0.0970. The molecule has 2 aromatic rings. The number of ether oxygens (including phenoxy) is 1. The lowest BCUT2D eigenvalue weighted by atomic mass is 9.91. The van der Waals surface area contributed by atoms with Crippen LogP contribution in [0.3, 0.4) is 0 Å². The summed E-state index contributed by atoms with van der Waals surface area (Å²) in [4.78, 5) is 22.6. The number of hydrogen-bond acceptors (Lipinski definition) is 5. The van der Waals surface area contributed by atoms with Crippen LogP contribution in [0.15, 0.2) is 12.4 Å². The number of carbonyl (C=O) groups excluding carboxylic acids is 1. The maximum absolute atomic E-state index is 12.4. The van der Waals surface area contributed by atoms with Gasteiger partial charge in [-0.2, -0.15) is 10.1 Å². The van der Waals surface area contributed by atoms with Gasteiger partial charge in [0.15, 0.2) is 5.65 Å². The zero-order valence-corrected chi connectivity index (χ0v) is 14.7. The zero-order chi connectivity index (χ0) is 17.1. The van der Waals surface area contributed by atoms with Crippen molar-refractivity contribution in [2.75, 3.05) is 6.54 Å². The summed E-state index contributed by atoms with van der Waals surface area (Å²) in [7, 11) is 0. The van der Waals surface area contributed by atoms with Crippen LogP contribution in [-0.4, -0.2) is 48.9 Å². The van der Waals surface area contributed by atoms with Crippen molar-refractivity contribution in [2.24, 2.45) is 5.92 Å². The molecule has 1 amide bonds. The molecule has 0 N–H and O–H groups in total. The van der Waals surface area contributed by atoms with Crippen molar-refractivity contribution >= 4 is 28.7 Å². The molecule has 2 aromatic heterocycles. The Labute approximate surface area is 145 Å². The normalized spacial score (nSPS) is 26.3. The number of rotatable bonds is 1. The fourth-order valence-electron chi connectivity index (χ4n) is 3.78. The Morgan fingerprint density at radius 3 is 2.88 bits per heavy atom. The maximum Gasteiger partial charge on any atom is 0.410 e. The van der Waals surface area contributed by atoms with Crippen LogP contribution in [0.25, 0.3) is 11.0 Å². The van der Waals surface area contributed by atoms with Crippen LogP contribution in [0, 0.1) is 5.92 Å². The average molecular weight is 350 g/mol. The van der Waals surface area contributed by atoms with Crippen LogP contribution >= 0.6 is 11.6 Å². The minimum atomic E-state index is -0.491. The number of hydrogen-bond donors (Lipinski definition) is 0. The first-order chi connectivity index (χ1) is 11.3. The van der Waals surface area contributed by atoms with Crippen molar-refractivity contribution in [2.45, 2.75) is 51.3 Å². The molecule has 8 heteroatoms. The predicted molar refractivity (Wildman–Crippen MR) is 88.8 cm³/mol. The number of fused-ring (bicyclic) bond motifs is 2. The molecule has 24 heavy (non-hydrogen) atoms. The van der Waals surface area contributed by atoms with E-state index in [9.17, 15) is 4.79 Å². The van der Waals surface area contributed by atoms with Crippen LogP contribution in [-0.2, 0) is 4.74 Å². The number of amides is 1. The van der Waals surface area contributed by atoms with Gasteiger partial charge in [-0.05, 0) is 51.1 Å². The van der Waals surface area contributed by atoms with Crippen molar-refractivity contribution in [3.05, 3.63) is 17.7 Å². The highest BCUT2D eigenvalue weighted by molar-refractivity contribution is 6.28. The standard InChI is InChI=1S/C16H20ClN5O2/c1-16(2,3)24-15(23)21-8-9-4-5-11(12(9)21)22-13-10(7-19-22)6-18-14(17)20-13/h6-7,9,11-12H,4-5,8H2,1-3H3/t9-,11+,12+/m0/s1. The molecule has 0 spiro atoms. The first-order valence-corrected chi connectivity index (χ1v) is 8.57. The van der Waals surface area contributed by atoms with E-state index in [1.54, 1.807) is 12.4 Å². The van der Waals surface area contributed by atoms with Gasteiger partial charge in [0.05, 0.1) is 23.7 Å². The molecule has 1 aliphatic heterocycles. The quantitative estimate of drug-likeness (QED) is 0.740. The third kappa shape index (κ3) is 2.51.